The van der Waals surface area contributed by atoms with E-state index in [0.717, 1.165) is 0 Å². The second kappa shape index (κ2) is 24.9. The van der Waals surface area contributed by atoms with Crippen LogP contribution in [-0.2, 0) is 16.8 Å². The quantitative estimate of drug-likeness (QED) is 0.337. The molecule has 0 saturated carbocycles. The zero-order valence-corrected chi connectivity index (χ0v) is 8.55. The van der Waals surface area contributed by atoms with Gasteiger partial charge in [0.2, 0.25) is 0 Å². The van der Waals surface area contributed by atoms with Gasteiger partial charge in [0.05, 0.1) is 0 Å². The molecule has 0 aliphatic rings. The van der Waals surface area contributed by atoms with Gasteiger partial charge < -0.3 is 67.4 Å². The third-order valence-corrected chi connectivity index (χ3v) is 0. The SMILES string of the molecule is F[B-](F)(F)F.F[B-](F)(F)F.O.O.O.O.O.O.[Co]. The minimum atomic E-state index is -6.00. The fourth-order valence-electron chi connectivity index (χ4n) is 0. The summed E-state index contributed by atoms with van der Waals surface area (Å²) in [5.74, 6) is 0. The molecule has 0 heterocycles. The molecule has 121 valence electrons. The predicted octanol–water partition coefficient (Wildman–Crippen LogP) is -2.35. The monoisotopic (exact) mass is 341 g/mol. The van der Waals surface area contributed by atoms with Crippen LogP contribution in [-0.4, -0.2) is 47.4 Å². The average Bonchev–Trinajstić information content (AvgIpc) is 1.12. The summed E-state index contributed by atoms with van der Waals surface area (Å²) in [6.07, 6.45) is 0. The van der Waals surface area contributed by atoms with Gasteiger partial charge in [0, 0.05) is 16.8 Å². The van der Waals surface area contributed by atoms with Gasteiger partial charge in [-0.1, -0.05) is 0 Å². The van der Waals surface area contributed by atoms with Crippen molar-refractivity contribution in [2.75, 3.05) is 0 Å². The molecule has 17 heavy (non-hydrogen) atoms. The molecule has 0 bridgehead atoms. The maximum atomic E-state index is 9.75. The van der Waals surface area contributed by atoms with Crippen LogP contribution in [0, 0.1) is 0 Å². The summed E-state index contributed by atoms with van der Waals surface area (Å²) in [4.78, 5) is 0. The van der Waals surface area contributed by atoms with E-state index in [1.165, 1.54) is 0 Å². The fraction of sp³-hybridized carbons (Fsp3) is 0. The summed E-state index contributed by atoms with van der Waals surface area (Å²) in [5, 5.41) is 0. The molecular weight excluding hydrogens is 329 g/mol. The molecule has 17 heteroatoms. The Balaban J connectivity index is -0.00000000762. The average molecular weight is 341 g/mol. The third kappa shape index (κ3) is 113000. The van der Waals surface area contributed by atoms with Crippen LogP contribution in [0.15, 0.2) is 0 Å². The molecule has 1 radical (unpaired) electrons. The zero-order chi connectivity index (χ0) is 9.00. The Morgan fingerprint density at radius 1 is 0.353 bits per heavy atom. The summed E-state index contributed by atoms with van der Waals surface area (Å²) in [7, 11) is -12.0. The van der Waals surface area contributed by atoms with E-state index in [1.54, 1.807) is 0 Å². The molecule has 0 aromatic carbocycles. The second-order valence-electron chi connectivity index (χ2n) is 0.990. The Morgan fingerprint density at radius 3 is 0.353 bits per heavy atom. The van der Waals surface area contributed by atoms with E-state index in [4.69, 9.17) is 0 Å². The van der Waals surface area contributed by atoms with Crippen molar-refractivity contribution in [2.45, 2.75) is 0 Å². The van der Waals surface area contributed by atoms with Gasteiger partial charge in [-0.3, -0.25) is 0 Å². The van der Waals surface area contributed by atoms with Crippen LogP contribution in [0.1, 0.15) is 0 Å². The van der Waals surface area contributed by atoms with Crippen molar-refractivity contribution in [3.05, 3.63) is 0 Å². The van der Waals surface area contributed by atoms with E-state index >= 15 is 0 Å². The number of hydrogen-bond acceptors (Lipinski definition) is 0. The number of rotatable bonds is 0. The standard InChI is InChI=1S/2BF4.Co.6H2O/c2*2-1(3,4)5;;;;;;;/h;;;6*1H2/q2*-1;;;;;;;. The first-order valence-corrected chi connectivity index (χ1v) is 1.75. The van der Waals surface area contributed by atoms with Crippen LogP contribution < -0.4 is 0 Å². The van der Waals surface area contributed by atoms with Gasteiger partial charge in [0.15, 0.2) is 0 Å². The minimum absolute atomic E-state index is 0. The molecule has 0 spiro atoms. The Hall–Kier alpha value is -0.164. The molecule has 0 aliphatic heterocycles. The van der Waals surface area contributed by atoms with Gasteiger partial charge in [-0.25, -0.2) is 0 Å². The first-order chi connectivity index (χ1) is 4.00. The van der Waals surface area contributed by atoms with E-state index in [-0.39, 0.29) is 49.6 Å². The number of hydrogen-bond donors (Lipinski definition) is 0. The maximum Gasteiger partial charge on any atom is 0.673 e. The topological polar surface area (TPSA) is 189 Å². The van der Waals surface area contributed by atoms with E-state index in [0.29, 0.717) is 0 Å². The first kappa shape index (κ1) is 68.8. The maximum absolute atomic E-state index is 9.75. The van der Waals surface area contributed by atoms with Crippen LogP contribution >= 0.6 is 0 Å². The molecule has 6 nitrogen and oxygen atoms in total. The van der Waals surface area contributed by atoms with Crippen molar-refractivity contribution in [2.24, 2.45) is 0 Å². The zero-order valence-electron chi connectivity index (χ0n) is 7.51. The van der Waals surface area contributed by atoms with Crippen molar-refractivity contribution in [3.63, 3.8) is 0 Å². The fourth-order valence-corrected chi connectivity index (χ4v) is 0. The van der Waals surface area contributed by atoms with E-state index in [1.807, 2.05) is 0 Å². The molecule has 12 N–H and O–H groups in total. The smallest absolute Gasteiger partial charge is 0.418 e. The molecular formula is H12B2CoF8O6-2. The third-order valence-electron chi connectivity index (χ3n) is 0. The molecule has 0 unspecified atom stereocenters. The van der Waals surface area contributed by atoms with Crippen LogP contribution in [0.5, 0.6) is 0 Å². The largest absolute Gasteiger partial charge is 0.673 e. The van der Waals surface area contributed by atoms with Crippen LogP contribution in [0.2, 0.25) is 0 Å². The van der Waals surface area contributed by atoms with Crippen molar-refractivity contribution in [1.29, 1.82) is 0 Å². The first-order valence-electron chi connectivity index (χ1n) is 1.75. The Bertz CT molecular complexity index is 71.0. The molecule has 0 aromatic heterocycles. The Morgan fingerprint density at radius 2 is 0.353 bits per heavy atom. The van der Waals surface area contributed by atoms with Crippen molar-refractivity contribution in [1.82, 2.24) is 0 Å². The summed E-state index contributed by atoms with van der Waals surface area (Å²) < 4.78 is 78.0. The van der Waals surface area contributed by atoms with E-state index in [2.05, 4.69) is 0 Å². The summed E-state index contributed by atoms with van der Waals surface area (Å²) in [6.45, 7) is 0. The molecule has 0 aromatic rings. The summed E-state index contributed by atoms with van der Waals surface area (Å²) in [5.41, 5.74) is 0. The van der Waals surface area contributed by atoms with Crippen LogP contribution in [0.25, 0.3) is 0 Å². The Labute approximate surface area is 99.6 Å². The van der Waals surface area contributed by atoms with Gasteiger partial charge in [-0.05, 0) is 0 Å². The summed E-state index contributed by atoms with van der Waals surface area (Å²) >= 11 is 0. The minimum Gasteiger partial charge on any atom is -0.418 e. The van der Waals surface area contributed by atoms with Crippen molar-refractivity contribution in [3.8, 4) is 0 Å². The van der Waals surface area contributed by atoms with Gasteiger partial charge in [-0.2, -0.15) is 0 Å². The normalized spacial score (nSPS) is 7.06. The Kier molecular flexibility index (Phi) is 101. The predicted molar refractivity (Wildman–Crippen MR) is 42.1 cm³/mol. The second-order valence-corrected chi connectivity index (χ2v) is 0.990. The number of halogens is 8. The van der Waals surface area contributed by atoms with Gasteiger partial charge in [0.1, 0.15) is 0 Å². The van der Waals surface area contributed by atoms with Gasteiger partial charge in [0.25, 0.3) is 0 Å². The molecule has 0 amide bonds. The molecule has 0 atom stereocenters. The van der Waals surface area contributed by atoms with E-state index in [9.17, 15) is 34.5 Å². The van der Waals surface area contributed by atoms with Crippen LogP contribution in [0.3, 0.4) is 0 Å². The van der Waals surface area contributed by atoms with Gasteiger partial charge in [-0.15, -0.1) is 0 Å². The van der Waals surface area contributed by atoms with Crippen molar-refractivity contribution >= 4 is 14.5 Å². The van der Waals surface area contributed by atoms with Gasteiger partial charge >= 0.3 is 14.5 Å². The summed E-state index contributed by atoms with van der Waals surface area (Å²) in [6, 6.07) is 0. The molecule has 0 fully saturated rings. The van der Waals surface area contributed by atoms with Crippen molar-refractivity contribution < 1.29 is 84.2 Å². The molecule has 0 saturated heterocycles. The van der Waals surface area contributed by atoms with E-state index < -0.39 is 14.5 Å². The van der Waals surface area contributed by atoms with Crippen LogP contribution in [0.4, 0.5) is 34.5 Å². The molecule has 0 aliphatic carbocycles. The molecule has 0 rings (SSSR count).